The lowest BCUT2D eigenvalue weighted by Gasteiger charge is -2.15. The van der Waals surface area contributed by atoms with Crippen LogP contribution in [-0.2, 0) is 19.5 Å². The Morgan fingerprint density at radius 3 is 2.44 bits per heavy atom. The Bertz CT molecular complexity index is 305. The molecule has 1 heterocycles. The van der Waals surface area contributed by atoms with Gasteiger partial charge < -0.3 is 5.32 Å². The van der Waals surface area contributed by atoms with E-state index in [1.165, 1.54) is 15.6 Å². The van der Waals surface area contributed by atoms with Gasteiger partial charge in [-0.2, -0.15) is 0 Å². The second-order valence-corrected chi connectivity index (χ2v) is 4.99. The lowest BCUT2D eigenvalue weighted by Crippen LogP contribution is -2.21. The molecule has 0 atom stereocenters. The topological polar surface area (TPSA) is 28.2 Å². The molecule has 3 nitrogen and oxygen atoms in total. The van der Waals surface area contributed by atoms with Crippen LogP contribution in [0.4, 0.5) is 0 Å². The Morgan fingerprint density at radius 1 is 1.25 bits per heavy atom. The second kappa shape index (κ2) is 6.99. The molecule has 1 aromatic rings. The molecule has 92 valence electrons. The third-order valence-electron chi connectivity index (χ3n) is 2.75. The van der Waals surface area contributed by atoms with Crippen LogP contribution in [0.15, 0.2) is 0 Å². The van der Waals surface area contributed by atoms with Crippen LogP contribution >= 0.6 is 11.3 Å². The monoisotopic (exact) mass is 241 g/mol. The molecule has 0 aliphatic carbocycles. The van der Waals surface area contributed by atoms with Crippen LogP contribution in [0.1, 0.15) is 36.3 Å². The van der Waals surface area contributed by atoms with Gasteiger partial charge in [0, 0.05) is 11.4 Å². The van der Waals surface area contributed by atoms with Gasteiger partial charge in [0.1, 0.15) is 5.01 Å². The molecule has 1 N–H and O–H groups in total. The molecule has 0 saturated heterocycles. The number of nitrogens with zero attached hydrogens (tertiary/aromatic N) is 2. The van der Waals surface area contributed by atoms with Gasteiger partial charge in [0.2, 0.25) is 0 Å². The largest absolute Gasteiger partial charge is 0.315 e. The number of thiazole rings is 1. The first-order valence-corrected chi connectivity index (χ1v) is 6.91. The van der Waals surface area contributed by atoms with Crippen LogP contribution < -0.4 is 5.32 Å². The van der Waals surface area contributed by atoms with Crippen LogP contribution in [0.2, 0.25) is 0 Å². The first-order chi connectivity index (χ1) is 7.74. The SMILES string of the molecule is CCc1nc(CN(CC)CC)sc1CNC. The molecular formula is C12H23N3S. The van der Waals surface area contributed by atoms with Crippen molar-refractivity contribution in [2.24, 2.45) is 0 Å². The smallest absolute Gasteiger partial charge is 0.107 e. The molecule has 0 unspecified atom stereocenters. The van der Waals surface area contributed by atoms with E-state index >= 15 is 0 Å². The Labute approximate surface area is 103 Å². The molecule has 0 fully saturated rings. The predicted octanol–water partition coefficient (Wildman–Crippen LogP) is 2.27. The van der Waals surface area contributed by atoms with E-state index in [-0.39, 0.29) is 0 Å². The summed E-state index contributed by atoms with van der Waals surface area (Å²) in [6.07, 6.45) is 1.03. The van der Waals surface area contributed by atoms with Crippen molar-refractivity contribution in [1.29, 1.82) is 0 Å². The van der Waals surface area contributed by atoms with Crippen molar-refractivity contribution in [2.45, 2.75) is 40.3 Å². The summed E-state index contributed by atoms with van der Waals surface area (Å²) in [7, 11) is 1.99. The van der Waals surface area contributed by atoms with Crippen molar-refractivity contribution < 1.29 is 0 Å². The molecule has 0 bridgehead atoms. The molecule has 1 rings (SSSR count). The highest BCUT2D eigenvalue weighted by Crippen LogP contribution is 2.20. The third kappa shape index (κ3) is 3.54. The lowest BCUT2D eigenvalue weighted by molar-refractivity contribution is 0.295. The van der Waals surface area contributed by atoms with Gasteiger partial charge in [-0.1, -0.05) is 20.8 Å². The predicted molar refractivity (Wildman–Crippen MR) is 70.9 cm³/mol. The molecule has 1 aromatic heterocycles. The van der Waals surface area contributed by atoms with Crippen LogP contribution in [0.25, 0.3) is 0 Å². The zero-order valence-electron chi connectivity index (χ0n) is 10.8. The summed E-state index contributed by atoms with van der Waals surface area (Å²) in [4.78, 5) is 8.52. The number of aromatic nitrogens is 1. The van der Waals surface area contributed by atoms with Gasteiger partial charge in [0.05, 0.1) is 12.2 Å². The molecule has 0 spiro atoms. The highest BCUT2D eigenvalue weighted by Gasteiger charge is 2.10. The normalized spacial score (nSPS) is 11.3. The van der Waals surface area contributed by atoms with Gasteiger partial charge in [-0.15, -0.1) is 11.3 Å². The second-order valence-electron chi connectivity index (χ2n) is 3.82. The first kappa shape index (κ1) is 13.6. The first-order valence-electron chi connectivity index (χ1n) is 6.09. The van der Waals surface area contributed by atoms with Gasteiger partial charge in [-0.25, -0.2) is 4.98 Å². The standard InChI is InChI=1S/C12H23N3S/c1-5-10-11(8-13-4)16-12(14-10)9-15(6-2)7-3/h13H,5-9H2,1-4H3. The zero-order chi connectivity index (χ0) is 12.0. The van der Waals surface area contributed by atoms with E-state index in [0.717, 1.165) is 32.6 Å². The minimum Gasteiger partial charge on any atom is -0.315 e. The fraction of sp³-hybridized carbons (Fsp3) is 0.750. The quantitative estimate of drug-likeness (QED) is 0.794. The molecule has 0 aromatic carbocycles. The Morgan fingerprint density at radius 2 is 1.94 bits per heavy atom. The fourth-order valence-electron chi connectivity index (χ4n) is 1.72. The molecule has 0 amide bonds. The molecule has 4 heteroatoms. The highest BCUT2D eigenvalue weighted by atomic mass is 32.1. The minimum atomic E-state index is 0.944. The van der Waals surface area contributed by atoms with Gasteiger partial charge in [-0.3, -0.25) is 4.90 Å². The number of hydrogen-bond acceptors (Lipinski definition) is 4. The summed E-state index contributed by atoms with van der Waals surface area (Å²) >= 11 is 1.85. The molecule has 0 radical (unpaired) electrons. The Hall–Kier alpha value is -0.450. The van der Waals surface area contributed by atoms with Gasteiger partial charge in [-0.05, 0) is 26.6 Å². The average Bonchev–Trinajstić information content (AvgIpc) is 2.68. The van der Waals surface area contributed by atoms with Crippen LogP contribution in [0.5, 0.6) is 0 Å². The molecule has 0 aliphatic heterocycles. The number of nitrogens with one attached hydrogen (secondary N) is 1. The zero-order valence-corrected chi connectivity index (χ0v) is 11.7. The molecule has 0 saturated carbocycles. The van der Waals surface area contributed by atoms with E-state index in [1.807, 2.05) is 18.4 Å². The van der Waals surface area contributed by atoms with Crippen LogP contribution in [-0.4, -0.2) is 30.0 Å². The van der Waals surface area contributed by atoms with Crippen molar-refractivity contribution in [3.8, 4) is 0 Å². The lowest BCUT2D eigenvalue weighted by atomic mass is 10.3. The summed E-state index contributed by atoms with van der Waals surface area (Å²) in [6.45, 7) is 10.7. The van der Waals surface area contributed by atoms with E-state index < -0.39 is 0 Å². The number of rotatable bonds is 7. The van der Waals surface area contributed by atoms with Crippen LogP contribution in [0.3, 0.4) is 0 Å². The van der Waals surface area contributed by atoms with E-state index in [4.69, 9.17) is 4.98 Å². The van der Waals surface area contributed by atoms with Gasteiger partial charge in [0.15, 0.2) is 0 Å². The van der Waals surface area contributed by atoms with E-state index in [2.05, 4.69) is 31.0 Å². The summed E-state index contributed by atoms with van der Waals surface area (Å²) in [5.41, 5.74) is 1.27. The van der Waals surface area contributed by atoms with Crippen molar-refractivity contribution in [2.75, 3.05) is 20.1 Å². The Balaban J connectivity index is 2.73. The number of aryl methyl sites for hydroxylation is 1. The maximum absolute atomic E-state index is 4.72. The van der Waals surface area contributed by atoms with Crippen molar-refractivity contribution >= 4 is 11.3 Å². The van der Waals surface area contributed by atoms with Crippen molar-refractivity contribution in [3.05, 3.63) is 15.6 Å². The molecule has 16 heavy (non-hydrogen) atoms. The van der Waals surface area contributed by atoms with E-state index in [1.54, 1.807) is 0 Å². The van der Waals surface area contributed by atoms with Gasteiger partial charge >= 0.3 is 0 Å². The highest BCUT2D eigenvalue weighted by molar-refractivity contribution is 7.11. The summed E-state index contributed by atoms with van der Waals surface area (Å²) < 4.78 is 0. The molecular weight excluding hydrogens is 218 g/mol. The fourth-order valence-corrected chi connectivity index (χ4v) is 2.93. The Kier molecular flexibility index (Phi) is 5.95. The van der Waals surface area contributed by atoms with E-state index in [9.17, 15) is 0 Å². The summed E-state index contributed by atoms with van der Waals surface area (Å²) in [5.74, 6) is 0. The minimum absolute atomic E-state index is 0.944. The summed E-state index contributed by atoms with van der Waals surface area (Å²) in [6, 6.07) is 0. The van der Waals surface area contributed by atoms with Crippen molar-refractivity contribution in [3.63, 3.8) is 0 Å². The number of hydrogen-bond donors (Lipinski definition) is 1. The maximum Gasteiger partial charge on any atom is 0.107 e. The third-order valence-corrected chi connectivity index (χ3v) is 3.83. The average molecular weight is 241 g/mol. The molecule has 0 aliphatic rings. The van der Waals surface area contributed by atoms with Crippen LogP contribution in [0, 0.1) is 0 Å². The van der Waals surface area contributed by atoms with Crippen molar-refractivity contribution in [1.82, 2.24) is 15.2 Å². The maximum atomic E-state index is 4.72. The van der Waals surface area contributed by atoms with Gasteiger partial charge in [0.25, 0.3) is 0 Å². The summed E-state index contributed by atoms with van der Waals surface area (Å²) in [5, 5.41) is 4.47. The van der Waals surface area contributed by atoms with E-state index in [0.29, 0.717) is 0 Å².